The molecule has 2 atom stereocenters. The Morgan fingerprint density at radius 2 is 1.50 bits per heavy atom. The molecule has 3 N–H and O–H groups in total. The minimum absolute atomic E-state index is 0. The van der Waals surface area contributed by atoms with E-state index in [4.69, 9.17) is 58.0 Å². The monoisotopic (exact) mass is 701 g/mol. The fraction of sp³-hybridized carbons (Fsp3) is 0.129. The fourth-order valence-electron chi connectivity index (χ4n) is 4.69. The summed E-state index contributed by atoms with van der Waals surface area (Å²) in [5.41, 5.74) is 0.199. The third kappa shape index (κ3) is 6.80. The number of carbonyl (C=O) groups excluding carboxylic acids is 3. The largest absolute Gasteiger partial charge is 0.326 e. The van der Waals surface area contributed by atoms with Crippen molar-refractivity contribution in [3.05, 3.63) is 122 Å². The van der Waals surface area contributed by atoms with Gasteiger partial charge in [0.1, 0.15) is 15.8 Å². The van der Waals surface area contributed by atoms with Gasteiger partial charge in [-0.3, -0.25) is 14.4 Å². The Morgan fingerprint density at radius 3 is 2.20 bits per heavy atom. The van der Waals surface area contributed by atoms with Crippen molar-refractivity contribution in [1.29, 1.82) is 0 Å². The average Bonchev–Trinajstić information content (AvgIpc) is 3.57. The molecule has 6 nitrogen and oxygen atoms in total. The fourth-order valence-corrected chi connectivity index (χ4v) is 6.03. The maximum atomic E-state index is 15.3. The molecule has 0 heterocycles. The van der Waals surface area contributed by atoms with Crippen LogP contribution in [0.2, 0.25) is 15.1 Å². The van der Waals surface area contributed by atoms with Crippen molar-refractivity contribution in [2.75, 3.05) is 16.0 Å². The van der Waals surface area contributed by atoms with Crippen LogP contribution in [-0.4, -0.2) is 22.1 Å². The van der Waals surface area contributed by atoms with Crippen molar-refractivity contribution in [2.45, 2.75) is 16.7 Å². The molecular weight excluding hydrogens is 678 g/mol. The van der Waals surface area contributed by atoms with Gasteiger partial charge in [0.15, 0.2) is 5.82 Å². The van der Waals surface area contributed by atoms with Gasteiger partial charge in [-0.15, -0.1) is 23.2 Å². The molecule has 0 aliphatic heterocycles. The van der Waals surface area contributed by atoms with Gasteiger partial charge < -0.3 is 16.0 Å². The molecule has 0 unspecified atom stereocenters. The minimum Gasteiger partial charge on any atom is -0.326 e. The summed E-state index contributed by atoms with van der Waals surface area (Å²) in [6.07, 6.45) is -0.117. The molecule has 1 saturated carbocycles. The molecule has 44 heavy (non-hydrogen) atoms. The number of carbonyl (C=O) groups is 3. The first-order valence-corrected chi connectivity index (χ1v) is 14.8. The molecule has 0 spiro atoms. The third-order valence-electron chi connectivity index (χ3n) is 6.93. The van der Waals surface area contributed by atoms with Crippen LogP contribution in [0.3, 0.4) is 0 Å². The van der Waals surface area contributed by atoms with E-state index in [1.165, 1.54) is 18.2 Å². The Hall–Kier alpha value is -3.40. The topological polar surface area (TPSA) is 87.3 Å². The Labute approximate surface area is 280 Å². The number of benzene rings is 4. The summed E-state index contributed by atoms with van der Waals surface area (Å²) in [5, 5.41) is 7.82. The standard InChI is InChI=1S/C31H20Cl5F2N3O3.3H2/c32-19-9-7-17(39-30(44)26-25(31(26,35)36)16-6-8-20(33)21(34)13-16)14-18(19)29(43)40-23-11-10-22(37)28(27(23)38)41-24(42)12-15-4-2-1-3-5-15;;;/h1-11,13-14,25-26H,12H2,(H,39,44)(H,40,43)(H,41,42);3*1H/t25-,26+;;;/m0.../s1. The number of amides is 3. The molecule has 1 fully saturated rings. The van der Waals surface area contributed by atoms with Gasteiger partial charge in [0, 0.05) is 15.9 Å². The molecule has 5 rings (SSSR count). The normalized spacial score (nSPS) is 16.6. The summed E-state index contributed by atoms with van der Waals surface area (Å²) in [5.74, 6) is -5.68. The summed E-state index contributed by atoms with van der Waals surface area (Å²) in [6, 6.07) is 19.5. The van der Waals surface area contributed by atoms with Crippen LogP contribution in [0.5, 0.6) is 0 Å². The van der Waals surface area contributed by atoms with Gasteiger partial charge in [0.2, 0.25) is 11.8 Å². The number of halogens is 7. The van der Waals surface area contributed by atoms with E-state index in [1.807, 2.05) is 0 Å². The molecule has 0 aromatic heterocycles. The van der Waals surface area contributed by atoms with Crippen molar-refractivity contribution in [2.24, 2.45) is 5.92 Å². The van der Waals surface area contributed by atoms with Gasteiger partial charge >= 0.3 is 0 Å². The summed E-state index contributed by atoms with van der Waals surface area (Å²) >= 11 is 31.2. The smallest absolute Gasteiger partial charge is 0.257 e. The molecule has 0 radical (unpaired) electrons. The van der Waals surface area contributed by atoms with E-state index in [0.717, 1.165) is 12.1 Å². The van der Waals surface area contributed by atoms with Gasteiger partial charge in [0.25, 0.3) is 5.91 Å². The molecule has 3 amide bonds. The number of anilines is 3. The van der Waals surface area contributed by atoms with Crippen LogP contribution < -0.4 is 16.0 Å². The van der Waals surface area contributed by atoms with Crippen molar-refractivity contribution < 1.29 is 27.4 Å². The molecule has 4 aromatic carbocycles. The van der Waals surface area contributed by atoms with Gasteiger partial charge in [-0.1, -0.05) is 71.2 Å². The number of hydrogen-bond acceptors (Lipinski definition) is 3. The first kappa shape index (κ1) is 32.0. The molecule has 0 saturated heterocycles. The van der Waals surface area contributed by atoms with E-state index in [0.29, 0.717) is 16.1 Å². The quantitative estimate of drug-likeness (QED) is 0.160. The maximum absolute atomic E-state index is 15.3. The van der Waals surface area contributed by atoms with Crippen LogP contribution in [0.15, 0.2) is 78.9 Å². The van der Waals surface area contributed by atoms with Crippen molar-refractivity contribution in [1.82, 2.24) is 0 Å². The minimum atomic E-state index is -1.41. The summed E-state index contributed by atoms with van der Waals surface area (Å²) in [6.45, 7) is 0. The van der Waals surface area contributed by atoms with Crippen LogP contribution >= 0.6 is 58.0 Å². The zero-order valence-electron chi connectivity index (χ0n) is 22.2. The van der Waals surface area contributed by atoms with Crippen molar-refractivity contribution in [3.8, 4) is 0 Å². The first-order valence-electron chi connectivity index (χ1n) is 12.9. The van der Waals surface area contributed by atoms with Crippen LogP contribution in [0.25, 0.3) is 0 Å². The van der Waals surface area contributed by atoms with Crippen LogP contribution in [0, 0.1) is 17.6 Å². The Balaban J connectivity index is 0.00000256. The summed E-state index contributed by atoms with van der Waals surface area (Å²) < 4.78 is 28.3. The summed E-state index contributed by atoms with van der Waals surface area (Å²) in [4.78, 5) is 38.6. The van der Waals surface area contributed by atoms with Crippen molar-refractivity contribution in [3.63, 3.8) is 0 Å². The van der Waals surface area contributed by atoms with E-state index in [-0.39, 0.29) is 32.0 Å². The second-order valence-electron chi connectivity index (χ2n) is 9.94. The van der Waals surface area contributed by atoms with E-state index in [1.54, 1.807) is 48.5 Å². The Bertz CT molecular complexity index is 1810. The number of alkyl halides is 2. The van der Waals surface area contributed by atoms with Crippen molar-refractivity contribution >= 4 is 92.8 Å². The van der Waals surface area contributed by atoms with Gasteiger partial charge in [-0.25, -0.2) is 8.78 Å². The van der Waals surface area contributed by atoms with Crippen LogP contribution in [-0.2, 0) is 16.0 Å². The van der Waals surface area contributed by atoms with Crippen LogP contribution in [0.1, 0.15) is 31.7 Å². The predicted molar refractivity (Wildman–Crippen MR) is 177 cm³/mol. The molecule has 1 aliphatic carbocycles. The molecule has 0 bridgehead atoms. The number of rotatable bonds is 8. The lowest BCUT2D eigenvalue weighted by atomic mass is 10.1. The van der Waals surface area contributed by atoms with Gasteiger partial charge in [-0.05, 0) is 53.6 Å². The molecule has 232 valence electrons. The first-order chi connectivity index (χ1) is 20.9. The highest BCUT2D eigenvalue weighted by atomic mass is 35.5. The lowest BCUT2D eigenvalue weighted by molar-refractivity contribution is -0.117. The predicted octanol–water partition coefficient (Wildman–Crippen LogP) is 9.62. The zero-order chi connectivity index (χ0) is 31.8. The molecule has 4 aromatic rings. The zero-order valence-corrected chi connectivity index (χ0v) is 26.0. The second kappa shape index (κ2) is 12.9. The van der Waals surface area contributed by atoms with Gasteiger partial charge in [0.05, 0.1) is 38.7 Å². The molecule has 1 aliphatic rings. The van der Waals surface area contributed by atoms with E-state index in [2.05, 4.69) is 16.0 Å². The molecular formula is C31H26Cl5F2N3O3. The Morgan fingerprint density at radius 1 is 0.795 bits per heavy atom. The average molecular weight is 704 g/mol. The highest BCUT2D eigenvalue weighted by Crippen LogP contribution is 2.65. The highest BCUT2D eigenvalue weighted by Gasteiger charge is 2.67. The third-order valence-corrected chi connectivity index (χ3v) is 8.94. The van der Waals surface area contributed by atoms with Crippen LogP contribution in [0.4, 0.5) is 25.8 Å². The van der Waals surface area contributed by atoms with E-state index >= 15 is 4.39 Å². The lowest BCUT2D eigenvalue weighted by Gasteiger charge is -2.13. The highest BCUT2D eigenvalue weighted by molar-refractivity contribution is 6.53. The second-order valence-corrected chi connectivity index (χ2v) is 12.6. The van der Waals surface area contributed by atoms with E-state index in [9.17, 15) is 18.8 Å². The number of hydrogen-bond donors (Lipinski definition) is 3. The molecule has 13 heteroatoms. The summed E-state index contributed by atoms with van der Waals surface area (Å²) in [7, 11) is 0. The SMILES string of the molecule is O=C(Cc1ccccc1)Nc1c(F)ccc(NC(=O)c2cc(NC(=O)[C@H]3[C@H](c4ccc(Cl)c(Cl)c4)C3(Cl)Cl)ccc2Cl)c1F.[HH].[HH].[HH]. The maximum Gasteiger partial charge on any atom is 0.257 e. The van der Waals surface area contributed by atoms with E-state index < -0.39 is 56.9 Å². The van der Waals surface area contributed by atoms with Gasteiger partial charge in [-0.2, -0.15) is 0 Å². The lowest BCUT2D eigenvalue weighted by Crippen LogP contribution is -2.19. The Kier molecular flexibility index (Phi) is 9.39. The number of nitrogens with one attached hydrogen (secondary N) is 3.